The van der Waals surface area contributed by atoms with Gasteiger partial charge in [0.25, 0.3) is 0 Å². The third-order valence-electron chi connectivity index (χ3n) is 10.6. The molecule has 6 rings (SSSR count). The first kappa shape index (κ1) is 39.7. The van der Waals surface area contributed by atoms with Gasteiger partial charge in [-0.2, -0.15) is 0 Å². The van der Waals surface area contributed by atoms with Gasteiger partial charge in [0.1, 0.15) is 12.4 Å². The smallest absolute Gasteiger partial charge is 0.0622 e. The van der Waals surface area contributed by atoms with Gasteiger partial charge in [-0.1, -0.05) is 72.8 Å². The molecule has 282 valence electrons. The Morgan fingerprint density at radius 3 is 1.44 bits per heavy atom. The standard InChI is InChI=1S/C52H58NOP/c1-53(2)41-42-54-47-39-37-46(38-40-47)52(45-28-16-10-17-29-45)51(44-26-14-9-15-27-44)36-24-7-5-3-4-6-8-25-43-55(48-30-18-11-19-31-48,49-32-20-12-21-33-49)50-34-22-13-23-35-50/h9-24,26-40,55H,3-8,25,41-43H2,1-2H3/b36-24-,52-51-. The summed E-state index contributed by atoms with van der Waals surface area (Å²) in [5.41, 5.74) is 6.12. The molecule has 0 spiro atoms. The van der Waals surface area contributed by atoms with E-state index in [0.717, 1.165) is 18.7 Å². The van der Waals surface area contributed by atoms with Crippen LogP contribution in [-0.2, 0) is 0 Å². The molecule has 6 aromatic rings. The summed E-state index contributed by atoms with van der Waals surface area (Å²) in [4.78, 5) is 2.14. The fourth-order valence-corrected chi connectivity index (χ4v) is 12.7. The Kier molecular flexibility index (Phi) is 15.3. The van der Waals surface area contributed by atoms with Crippen molar-refractivity contribution < 1.29 is 4.74 Å². The maximum absolute atomic E-state index is 6.04. The monoisotopic (exact) mass is 743 g/mol. The van der Waals surface area contributed by atoms with E-state index in [1.165, 1.54) is 88.4 Å². The fourth-order valence-electron chi connectivity index (χ4n) is 7.75. The van der Waals surface area contributed by atoms with Crippen LogP contribution in [-0.4, -0.2) is 38.3 Å². The van der Waals surface area contributed by atoms with Gasteiger partial charge in [0.2, 0.25) is 0 Å². The molecule has 0 bridgehead atoms. The van der Waals surface area contributed by atoms with E-state index in [1.54, 1.807) is 0 Å². The van der Waals surface area contributed by atoms with E-state index >= 15 is 0 Å². The van der Waals surface area contributed by atoms with Gasteiger partial charge < -0.3 is 9.64 Å². The van der Waals surface area contributed by atoms with E-state index in [-0.39, 0.29) is 0 Å². The third kappa shape index (κ3) is 11.0. The molecule has 0 radical (unpaired) electrons. The minimum Gasteiger partial charge on any atom is -0.0622 e. The average molecular weight is 744 g/mol. The summed E-state index contributed by atoms with van der Waals surface area (Å²) in [5.74, 6) is 0.903. The summed E-state index contributed by atoms with van der Waals surface area (Å²) < 4.78 is 6.04. The molecule has 0 saturated carbocycles. The van der Waals surface area contributed by atoms with Crippen molar-refractivity contribution in [3.63, 3.8) is 0 Å². The van der Waals surface area contributed by atoms with Crippen LogP contribution in [0, 0.1) is 0 Å². The molecule has 0 heterocycles. The Morgan fingerprint density at radius 1 is 0.491 bits per heavy atom. The van der Waals surface area contributed by atoms with Gasteiger partial charge >= 0.3 is 194 Å². The van der Waals surface area contributed by atoms with Crippen LogP contribution < -0.4 is 20.7 Å². The molecular formula is C52H58NOP. The Hall–Kier alpha value is -5.01. The number of unbranched alkanes of at least 4 members (excludes halogenated alkanes) is 6. The number of allylic oxidation sites excluding steroid dienone is 3. The SMILES string of the molecule is CN(C)CCOc1ccc(/C(=C(/C=C\CCCCCCCC[PH](c2ccccc2)(c2ccccc2)c2ccccc2)c2ccccc2)c2ccccc2)cc1. The van der Waals surface area contributed by atoms with Crippen molar-refractivity contribution in [3.05, 3.63) is 205 Å². The molecule has 0 fully saturated rings. The Morgan fingerprint density at radius 2 is 0.927 bits per heavy atom. The van der Waals surface area contributed by atoms with Crippen molar-refractivity contribution in [2.24, 2.45) is 0 Å². The molecule has 0 unspecified atom stereocenters. The molecule has 0 saturated heterocycles. The number of rotatable bonds is 20. The summed E-state index contributed by atoms with van der Waals surface area (Å²) in [6.45, 7) is 1.56. The summed E-state index contributed by atoms with van der Waals surface area (Å²) in [6, 6.07) is 64.3. The molecule has 2 nitrogen and oxygen atoms in total. The van der Waals surface area contributed by atoms with E-state index in [9.17, 15) is 0 Å². The topological polar surface area (TPSA) is 12.5 Å². The van der Waals surface area contributed by atoms with Gasteiger partial charge in [0.05, 0.1) is 0 Å². The van der Waals surface area contributed by atoms with E-state index in [2.05, 4.69) is 207 Å². The van der Waals surface area contributed by atoms with Gasteiger partial charge in [0.15, 0.2) is 0 Å². The molecule has 0 aliphatic carbocycles. The van der Waals surface area contributed by atoms with Crippen LogP contribution in [0.5, 0.6) is 5.75 Å². The van der Waals surface area contributed by atoms with Crippen molar-refractivity contribution >= 4 is 34.3 Å². The normalized spacial score (nSPS) is 12.5. The van der Waals surface area contributed by atoms with E-state index in [4.69, 9.17) is 4.74 Å². The summed E-state index contributed by atoms with van der Waals surface area (Å²) >= 11 is 0. The molecule has 0 aromatic heterocycles. The second kappa shape index (κ2) is 21.2. The van der Waals surface area contributed by atoms with Gasteiger partial charge in [-0.05, 0) is 37.4 Å². The van der Waals surface area contributed by atoms with Crippen LogP contribution in [0.3, 0.4) is 0 Å². The number of ether oxygens (including phenoxy) is 1. The maximum atomic E-state index is 6.04. The number of nitrogens with zero attached hydrogens (tertiary/aromatic N) is 1. The third-order valence-corrected chi connectivity index (χ3v) is 15.7. The van der Waals surface area contributed by atoms with Crippen LogP contribution in [0.1, 0.15) is 61.6 Å². The Labute approximate surface area is 331 Å². The molecule has 0 atom stereocenters. The van der Waals surface area contributed by atoms with Gasteiger partial charge in [-0.3, -0.25) is 0 Å². The number of hydrogen-bond acceptors (Lipinski definition) is 2. The van der Waals surface area contributed by atoms with Crippen LogP contribution in [0.15, 0.2) is 188 Å². The summed E-state index contributed by atoms with van der Waals surface area (Å²) in [5, 5.41) is 4.54. The predicted molar refractivity (Wildman–Crippen MR) is 242 cm³/mol. The molecule has 55 heavy (non-hydrogen) atoms. The van der Waals surface area contributed by atoms with Crippen LogP contribution in [0.25, 0.3) is 11.1 Å². The first-order valence-electron chi connectivity index (χ1n) is 20.2. The number of benzene rings is 6. The second-order valence-corrected chi connectivity index (χ2v) is 18.8. The number of likely N-dealkylation sites (N-methyl/N-ethyl adjacent to an activating group) is 1. The van der Waals surface area contributed by atoms with E-state index < -0.39 is 7.26 Å². The van der Waals surface area contributed by atoms with Crippen molar-refractivity contribution in [3.8, 4) is 5.75 Å². The van der Waals surface area contributed by atoms with Crippen molar-refractivity contribution in [1.82, 2.24) is 4.90 Å². The van der Waals surface area contributed by atoms with E-state index in [0.29, 0.717) is 6.61 Å². The minimum atomic E-state index is -2.14. The van der Waals surface area contributed by atoms with Crippen molar-refractivity contribution in [1.29, 1.82) is 0 Å². The number of hydrogen-bond donors (Lipinski definition) is 0. The Balaban J connectivity index is 1.10. The molecular weight excluding hydrogens is 686 g/mol. The molecule has 0 aliphatic rings. The molecule has 0 amide bonds. The van der Waals surface area contributed by atoms with Crippen molar-refractivity contribution in [2.75, 3.05) is 33.4 Å². The summed E-state index contributed by atoms with van der Waals surface area (Å²) in [7, 11) is 2.00. The second-order valence-electron chi connectivity index (χ2n) is 14.8. The molecule has 0 N–H and O–H groups in total. The van der Waals surface area contributed by atoms with Gasteiger partial charge in [-0.15, -0.1) is 0 Å². The molecule has 6 aromatic carbocycles. The quantitative estimate of drug-likeness (QED) is 0.0334. The zero-order valence-electron chi connectivity index (χ0n) is 32.8. The molecule has 3 heteroatoms. The zero-order chi connectivity index (χ0) is 38.0. The summed E-state index contributed by atoms with van der Waals surface area (Å²) in [6.07, 6.45) is 14.6. The Bertz CT molecular complexity index is 1930. The van der Waals surface area contributed by atoms with Gasteiger partial charge in [-0.25, -0.2) is 0 Å². The molecule has 0 aliphatic heterocycles. The van der Waals surface area contributed by atoms with E-state index in [1.807, 2.05) is 0 Å². The van der Waals surface area contributed by atoms with Crippen LogP contribution >= 0.6 is 7.26 Å². The minimum absolute atomic E-state index is 0.671. The van der Waals surface area contributed by atoms with Crippen LogP contribution in [0.4, 0.5) is 0 Å². The zero-order valence-corrected chi connectivity index (χ0v) is 33.8. The predicted octanol–water partition coefficient (Wildman–Crippen LogP) is 11.6. The van der Waals surface area contributed by atoms with Crippen LogP contribution in [0.2, 0.25) is 0 Å². The van der Waals surface area contributed by atoms with Gasteiger partial charge in [0, 0.05) is 6.54 Å². The fraction of sp³-hybridized carbons (Fsp3) is 0.231. The first-order valence-corrected chi connectivity index (χ1v) is 22.4. The average Bonchev–Trinajstić information content (AvgIpc) is 3.24. The first-order chi connectivity index (χ1) is 27.1. The van der Waals surface area contributed by atoms with Crippen molar-refractivity contribution in [2.45, 2.75) is 44.9 Å².